The molecule has 0 saturated carbocycles. The van der Waals surface area contributed by atoms with Crippen molar-refractivity contribution in [2.75, 3.05) is 19.5 Å². The number of methoxy groups -OCH3 is 2. The van der Waals surface area contributed by atoms with Gasteiger partial charge in [-0.1, -0.05) is 11.8 Å². The zero-order valence-electron chi connectivity index (χ0n) is 14.4. The Labute approximate surface area is 151 Å². The lowest BCUT2D eigenvalue weighted by molar-refractivity contribution is -0.147. The first-order valence-corrected chi connectivity index (χ1v) is 8.21. The maximum Gasteiger partial charge on any atom is 0.451 e. The monoisotopic (exact) mass is 390 g/mol. The normalized spacial score (nSPS) is 12.6. The Morgan fingerprint density at radius 1 is 1.19 bits per heavy atom. The third-order valence-electron chi connectivity index (χ3n) is 3.36. The summed E-state index contributed by atoms with van der Waals surface area (Å²) in [4.78, 5) is 12.3. The number of hydrogen-bond donors (Lipinski definition) is 1. The number of hydrogen-bond acceptors (Lipinski definition) is 6. The second-order valence-corrected chi connectivity index (χ2v) is 6.52. The van der Waals surface area contributed by atoms with Crippen molar-refractivity contribution in [3.05, 3.63) is 24.0 Å². The van der Waals surface area contributed by atoms with Crippen molar-refractivity contribution in [3.63, 3.8) is 0 Å². The second-order valence-electron chi connectivity index (χ2n) is 5.21. The van der Waals surface area contributed by atoms with E-state index in [4.69, 9.17) is 9.47 Å². The highest BCUT2D eigenvalue weighted by molar-refractivity contribution is 8.00. The molecule has 1 N–H and O–H groups in total. The summed E-state index contributed by atoms with van der Waals surface area (Å²) in [7, 11) is 4.15. The molecule has 0 bridgehead atoms. The van der Waals surface area contributed by atoms with Crippen LogP contribution in [-0.4, -0.2) is 40.1 Å². The van der Waals surface area contributed by atoms with E-state index < -0.39 is 23.2 Å². The Morgan fingerprint density at radius 2 is 1.77 bits per heavy atom. The van der Waals surface area contributed by atoms with Crippen LogP contribution in [0.15, 0.2) is 23.4 Å². The summed E-state index contributed by atoms with van der Waals surface area (Å²) < 4.78 is 49.3. The van der Waals surface area contributed by atoms with Crippen molar-refractivity contribution in [3.8, 4) is 11.5 Å². The smallest absolute Gasteiger partial charge is 0.451 e. The molecule has 0 spiro atoms. The summed E-state index contributed by atoms with van der Waals surface area (Å²) in [5.41, 5.74) is 0.438. The molecule has 26 heavy (non-hydrogen) atoms. The van der Waals surface area contributed by atoms with E-state index in [0.29, 0.717) is 17.2 Å². The zero-order valence-corrected chi connectivity index (χ0v) is 15.2. The Bertz CT molecular complexity index is 773. The van der Waals surface area contributed by atoms with E-state index in [0.717, 1.165) is 16.3 Å². The maximum absolute atomic E-state index is 12.8. The topological polar surface area (TPSA) is 78.3 Å². The van der Waals surface area contributed by atoms with Gasteiger partial charge in [-0.2, -0.15) is 13.2 Å². The average molecular weight is 390 g/mol. The summed E-state index contributed by atoms with van der Waals surface area (Å²) >= 11 is 0.869. The van der Waals surface area contributed by atoms with Crippen molar-refractivity contribution in [1.82, 2.24) is 14.8 Å². The van der Waals surface area contributed by atoms with E-state index in [1.54, 1.807) is 25.1 Å². The van der Waals surface area contributed by atoms with Crippen LogP contribution in [0.25, 0.3) is 0 Å². The van der Waals surface area contributed by atoms with E-state index in [9.17, 15) is 18.0 Å². The van der Waals surface area contributed by atoms with Crippen LogP contribution < -0.4 is 14.8 Å². The van der Waals surface area contributed by atoms with Gasteiger partial charge in [0.2, 0.25) is 11.7 Å². The Balaban J connectivity index is 2.10. The average Bonchev–Trinajstić information content (AvgIpc) is 2.95. The number of alkyl halides is 3. The van der Waals surface area contributed by atoms with Crippen LogP contribution in [0.4, 0.5) is 18.9 Å². The maximum atomic E-state index is 12.8. The van der Waals surface area contributed by atoms with Crippen molar-refractivity contribution in [2.45, 2.75) is 23.5 Å². The van der Waals surface area contributed by atoms with Crippen molar-refractivity contribution in [2.24, 2.45) is 7.05 Å². The second kappa shape index (κ2) is 7.85. The molecule has 1 unspecified atom stereocenters. The fourth-order valence-electron chi connectivity index (χ4n) is 2.00. The Hall–Kier alpha value is -2.43. The Kier molecular flexibility index (Phi) is 6.01. The van der Waals surface area contributed by atoms with Gasteiger partial charge in [0.25, 0.3) is 0 Å². The van der Waals surface area contributed by atoms with Gasteiger partial charge in [0.1, 0.15) is 11.5 Å². The minimum atomic E-state index is -4.61. The molecule has 1 heterocycles. The van der Waals surface area contributed by atoms with E-state index >= 15 is 0 Å². The van der Waals surface area contributed by atoms with Crippen LogP contribution in [0, 0.1) is 0 Å². The number of thioether (sulfide) groups is 1. The van der Waals surface area contributed by atoms with E-state index in [1.807, 2.05) is 0 Å². The number of amides is 1. The van der Waals surface area contributed by atoms with Gasteiger partial charge in [0.15, 0.2) is 5.16 Å². The molecular formula is C15H17F3N4O3S. The molecule has 0 aliphatic heterocycles. The number of anilines is 1. The fourth-order valence-corrected chi connectivity index (χ4v) is 2.81. The quantitative estimate of drug-likeness (QED) is 0.764. The van der Waals surface area contributed by atoms with Crippen molar-refractivity contribution < 1.29 is 27.4 Å². The molecule has 0 radical (unpaired) electrons. The first kappa shape index (κ1) is 19.9. The van der Waals surface area contributed by atoms with Gasteiger partial charge in [-0.25, -0.2) is 0 Å². The fraction of sp³-hybridized carbons (Fsp3) is 0.400. The number of carbonyl (C=O) groups excluding carboxylic acids is 1. The summed E-state index contributed by atoms with van der Waals surface area (Å²) in [6, 6.07) is 4.84. The molecule has 2 rings (SSSR count). The number of rotatable bonds is 6. The molecule has 1 atom stereocenters. The van der Waals surface area contributed by atoms with E-state index in [-0.39, 0.29) is 5.16 Å². The minimum absolute atomic E-state index is 0.0109. The molecule has 0 fully saturated rings. The number of aromatic nitrogens is 3. The van der Waals surface area contributed by atoms with Gasteiger partial charge in [0.05, 0.1) is 19.5 Å². The molecule has 1 amide bonds. The van der Waals surface area contributed by atoms with Crippen LogP contribution in [0.1, 0.15) is 12.7 Å². The first-order chi connectivity index (χ1) is 12.2. The van der Waals surface area contributed by atoms with Crippen molar-refractivity contribution in [1.29, 1.82) is 0 Å². The van der Waals surface area contributed by atoms with Gasteiger partial charge in [-0.3, -0.25) is 4.79 Å². The minimum Gasteiger partial charge on any atom is -0.497 e. The highest BCUT2D eigenvalue weighted by Gasteiger charge is 2.37. The molecule has 1 aromatic carbocycles. The first-order valence-electron chi connectivity index (χ1n) is 7.33. The number of ether oxygens (including phenoxy) is 2. The number of carbonyl (C=O) groups is 1. The highest BCUT2D eigenvalue weighted by atomic mass is 32.2. The van der Waals surface area contributed by atoms with Crippen LogP contribution in [-0.2, 0) is 18.0 Å². The van der Waals surface area contributed by atoms with Crippen molar-refractivity contribution >= 4 is 23.4 Å². The number of halogens is 3. The summed E-state index contributed by atoms with van der Waals surface area (Å²) in [6.07, 6.45) is -4.61. The number of benzene rings is 1. The molecule has 0 aliphatic carbocycles. The lowest BCUT2D eigenvalue weighted by Crippen LogP contribution is -2.23. The van der Waals surface area contributed by atoms with Gasteiger partial charge in [-0.05, 0) is 6.92 Å². The van der Waals surface area contributed by atoms with Crippen LogP contribution >= 0.6 is 11.8 Å². The Morgan fingerprint density at radius 3 is 2.23 bits per heavy atom. The van der Waals surface area contributed by atoms with Crippen LogP contribution in [0.2, 0.25) is 0 Å². The van der Waals surface area contributed by atoms with Gasteiger partial charge in [0, 0.05) is 30.9 Å². The van der Waals surface area contributed by atoms with E-state index in [2.05, 4.69) is 15.5 Å². The predicted octanol–water partition coefficient (Wildman–Crippen LogP) is 2.97. The molecular weight excluding hydrogens is 373 g/mol. The third-order valence-corrected chi connectivity index (χ3v) is 4.49. The molecule has 0 saturated heterocycles. The van der Waals surface area contributed by atoms with Gasteiger partial charge >= 0.3 is 6.18 Å². The molecule has 2 aromatic rings. The largest absolute Gasteiger partial charge is 0.497 e. The summed E-state index contributed by atoms with van der Waals surface area (Å²) in [5.74, 6) is -0.557. The van der Waals surface area contributed by atoms with Crippen LogP contribution in [0.3, 0.4) is 0 Å². The molecule has 142 valence electrons. The number of nitrogens with one attached hydrogen (secondary N) is 1. The summed E-state index contributed by atoms with van der Waals surface area (Å²) in [6.45, 7) is 1.55. The summed E-state index contributed by atoms with van der Waals surface area (Å²) in [5, 5.41) is 8.58. The lowest BCUT2D eigenvalue weighted by Gasteiger charge is -2.13. The SMILES string of the molecule is COc1cc(NC(=O)C(C)Sc2nnc(C(F)(F)F)n2C)cc(OC)c1. The highest BCUT2D eigenvalue weighted by Crippen LogP contribution is 2.31. The predicted molar refractivity (Wildman–Crippen MR) is 89.5 cm³/mol. The third kappa shape index (κ3) is 4.59. The molecule has 11 heteroatoms. The zero-order chi connectivity index (χ0) is 19.5. The molecule has 7 nitrogen and oxygen atoms in total. The van der Waals surface area contributed by atoms with Gasteiger partial charge in [-0.15, -0.1) is 10.2 Å². The number of nitrogens with zero attached hydrogens (tertiary/aromatic N) is 3. The van der Waals surface area contributed by atoms with Crippen LogP contribution in [0.5, 0.6) is 11.5 Å². The standard InChI is InChI=1S/C15H17F3N4O3S/c1-8(26-14-21-20-13(22(14)2)15(16,17)18)12(23)19-9-5-10(24-3)7-11(6-9)25-4/h5-8H,1-4H3,(H,19,23). The molecule has 1 aromatic heterocycles. The van der Waals surface area contributed by atoms with Gasteiger partial charge < -0.3 is 19.4 Å². The molecule has 0 aliphatic rings. The lowest BCUT2D eigenvalue weighted by atomic mass is 10.2. The van der Waals surface area contributed by atoms with E-state index in [1.165, 1.54) is 21.3 Å².